The number of nitrogens with one attached hydrogen (secondary N) is 3. The molecule has 0 saturated heterocycles. The number of ether oxygens (including phenoxy) is 1. The van der Waals surface area contributed by atoms with Crippen LogP contribution in [0.5, 0.6) is 5.75 Å². The van der Waals surface area contributed by atoms with Crippen LogP contribution in [0.1, 0.15) is 32.9 Å². The molecule has 0 atom stereocenters. The molecule has 1 aromatic heterocycles. The first kappa shape index (κ1) is 20.7. The van der Waals surface area contributed by atoms with Crippen LogP contribution >= 0.6 is 11.3 Å². The summed E-state index contributed by atoms with van der Waals surface area (Å²) in [5.74, 6) is 1.34. The second-order valence-electron chi connectivity index (χ2n) is 5.85. The summed E-state index contributed by atoms with van der Waals surface area (Å²) < 4.78 is 5.10. The highest BCUT2D eigenvalue weighted by atomic mass is 32.1. The molecule has 1 heterocycles. The van der Waals surface area contributed by atoms with Gasteiger partial charge in [-0.2, -0.15) is 0 Å². The Labute approximate surface area is 164 Å². The minimum atomic E-state index is -0.114. The number of aliphatic imine (C=N–C) groups is 1. The summed E-state index contributed by atoms with van der Waals surface area (Å²) in [6.07, 6.45) is 0. The molecule has 146 valence electrons. The molecule has 0 saturated carbocycles. The highest BCUT2D eigenvalue weighted by molar-refractivity contribution is 7.11. The summed E-state index contributed by atoms with van der Waals surface area (Å²) >= 11 is 1.67. The Bertz CT molecular complexity index is 771. The van der Waals surface area contributed by atoms with E-state index in [1.807, 2.05) is 20.8 Å². The quantitative estimate of drug-likeness (QED) is 0.366. The maximum Gasteiger partial charge on any atom is 0.251 e. The highest BCUT2D eigenvalue weighted by Gasteiger charge is 2.06. The lowest BCUT2D eigenvalue weighted by atomic mass is 10.2. The van der Waals surface area contributed by atoms with E-state index in [2.05, 4.69) is 25.9 Å². The fourth-order valence-electron chi connectivity index (χ4n) is 2.41. The molecule has 27 heavy (non-hydrogen) atoms. The minimum absolute atomic E-state index is 0.114. The van der Waals surface area contributed by atoms with E-state index in [0.29, 0.717) is 25.2 Å². The fourth-order valence-corrected chi connectivity index (χ4v) is 3.28. The first-order valence-electron chi connectivity index (χ1n) is 8.90. The van der Waals surface area contributed by atoms with Crippen LogP contribution in [0.3, 0.4) is 0 Å². The van der Waals surface area contributed by atoms with Gasteiger partial charge in [-0.15, -0.1) is 11.3 Å². The van der Waals surface area contributed by atoms with Gasteiger partial charge in [0.15, 0.2) is 5.96 Å². The monoisotopic (exact) mass is 389 g/mol. The number of nitrogens with zero attached hydrogens (tertiary/aromatic N) is 2. The Morgan fingerprint density at radius 2 is 1.85 bits per heavy atom. The second kappa shape index (κ2) is 10.5. The van der Waals surface area contributed by atoms with Crippen molar-refractivity contribution in [2.24, 2.45) is 4.99 Å². The van der Waals surface area contributed by atoms with Crippen molar-refractivity contribution >= 4 is 23.2 Å². The molecule has 8 heteroatoms. The van der Waals surface area contributed by atoms with Crippen molar-refractivity contribution in [1.29, 1.82) is 0 Å². The van der Waals surface area contributed by atoms with Gasteiger partial charge >= 0.3 is 0 Å². The molecule has 0 aliphatic carbocycles. The lowest BCUT2D eigenvalue weighted by molar-refractivity contribution is 0.0954. The third kappa shape index (κ3) is 6.56. The Hall–Kier alpha value is -2.61. The zero-order valence-electron chi connectivity index (χ0n) is 16.3. The smallest absolute Gasteiger partial charge is 0.251 e. The van der Waals surface area contributed by atoms with Crippen LogP contribution in [-0.2, 0) is 6.54 Å². The van der Waals surface area contributed by atoms with Crippen LogP contribution in [0.15, 0.2) is 29.3 Å². The van der Waals surface area contributed by atoms with Gasteiger partial charge in [-0.1, -0.05) is 0 Å². The number of aromatic nitrogens is 1. The number of guanidine groups is 1. The average Bonchev–Trinajstić information content (AvgIpc) is 3.00. The zero-order valence-corrected chi connectivity index (χ0v) is 17.1. The number of hydrogen-bond donors (Lipinski definition) is 3. The molecular weight excluding hydrogens is 362 g/mol. The predicted octanol–water partition coefficient (Wildman–Crippen LogP) is 2.25. The first-order chi connectivity index (χ1) is 13.0. The van der Waals surface area contributed by atoms with Gasteiger partial charge in [0.25, 0.3) is 5.91 Å². The third-order valence-corrected chi connectivity index (χ3v) is 4.84. The van der Waals surface area contributed by atoms with Crippen LogP contribution in [0, 0.1) is 13.8 Å². The van der Waals surface area contributed by atoms with Crippen LogP contribution in [-0.4, -0.2) is 43.6 Å². The Kier molecular flexibility index (Phi) is 8.06. The fraction of sp³-hybridized carbons (Fsp3) is 0.421. The van der Waals surface area contributed by atoms with Crippen LogP contribution in [0.2, 0.25) is 0 Å². The van der Waals surface area contributed by atoms with Gasteiger partial charge in [0, 0.05) is 30.1 Å². The number of rotatable bonds is 8. The van der Waals surface area contributed by atoms with Crippen LogP contribution in [0.4, 0.5) is 0 Å². The van der Waals surface area contributed by atoms with Crippen molar-refractivity contribution in [3.05, 3.63) is 45.4 Å². The SMILES string of the molecule is CCNC(=NCc1sc(C)nc1C)NCCNC(=O)c1ccc(OC)cc1. The van der Waals surface area contributed by atoms with Crippen molar-refractivity contribution in [3.8, 4) is 5.75 Å². The van der Waals surface area contributed by atoms with E-state index in [1.165, 1.54) is 0 Å². The summed E-state index contributed by atoms with van der Waals surface area (Å²) in [7, 11) is 1.60. The summed E-state index contributed by atoms with van der Waals surface area (Å²) in [4.78, 5) is 22.3. The molecule has 2 rings (SSSR count). The Morgan fingerprint density at radius 3 is 2.44 bits per heavy atom. The van der Waals surface area contributed by atoms with Crippen LogP contribution < -0.4 is 20.7 Å². The molecule has 0 aliphatic heterocycles. The third-order valence-electron chi connectivity index (χ3n) is 3.78. The standard InChI is InChI=1S/C19H27N5O2S/c1-5-20-19(23-12-17-13(2)24-14(3)27-17)22-11-10-21-18(25)15-6-8-16(26-4)9-7-15/h6-9H,5,10-12H2,1-4H3,(H,21,25)(H2,20,22,23). The average molecular weight is 390 g/mol. The molecule has 0 radical (unpaired) electrons. The minimum Gasteiger partial charge on any atom is -0.497 e. The molecule has 0 unspecified atom stereocenters. The van der Waals surface area contributed by atoms with E-state index in [0.717, 1.165) is 33.8 Å². The summed E-state index contributed by atoms with van der Waals surface area (Å²) in [6.45, 7) is 8.45. The van der Waals surface area contributed by atoms with E-state index >= 15 is 0 Å². The van der Waals surface area contributed by atoms with Gasteiger partial charge in [0.2, 0.25) is 0 Å². The summed E-state index contributed by atoms with van der Waals surface area (Å²) in [5, 5.41) is 10.4. The van der Waals surface area contributed by atoms with Gasteiger partial charge in [-0.05, 0) is 45.0 Å². The van der Waals surface area contributed by atoms with Gasteiger partial charge in [-0.3, -0.25) is 4.79 Å². The molecule has 0 fully saturated rings. The number of benzene rings is 1. The largest absolute Gasteiger partial charge is 0.497 e. The molecule has 3 N–H and O–H groups in total. The van der Waals surface area contributed by atoms with Gasteiger partial charge in [-0.25, -0.2) is 9.98 Å². The molecule has 2 aromatic rings. The first-order valence-corrected chi connectivity index (χ1v) is 9.72. The topological polar surface area (TPSA) is 87.6 Å². The van der Waals surface area contributed by atoms with E-state index in [4.69, 9.17) is 4.74 Å². The lowest BCUT2D eigenvalue weighted by Gasteiger charge is -2.12. The van der Waals surface area contributed by atoms with Gasteiger partial charge < -0.3 is 20.7 Å². The van der Waals surface area contributed by atoms with Crippen molar-refractivity contribution < 1.29 is 9.53 Å². The number of methoxy groups -OCH3 is 1. The Morgan fingerprint density at radius 1 is 1.15 bits per heavy atom. The molecule has 0 aliphatic rings. The number of aryl methyl sites for hydroxylation is 2. The number of thiazole rings is 1. The number of carbonyl (C=O) groups is 1. The predicted molar refractivity (Wildman–Crippen MR) is 110 cm³/mol. The van der Waals surface area contributed by atoms with Crippen molar-refractivity contribution in [2.45, 2.75) is 27.3 Å². The van der Waals surface area contributed by atoms with E-state index < -0.39 is 0 Å². The van der Waals surface area contributed by atoms with Crippen LogP contribution in [0.25, 0.3) is 0 Å². The molecule has 1 amide bonds. The zero-order chi connectivity index (χ0) is 19.6. The number of amides is 1. The summed E-state index contributed by atoms with van der Waals surface area (Å²) in [5.41, 5.74) is 1.64. The normalized spacial score (nSPS) is 11.2. The van der Waals surface area contributed by atoms with E-state index in [1.54, 1.807) is 42.7 Å². The second-order valence-corrected chi connectivity index (χ2v) is 7.14. The number of carbonyl (C=O) groups excluding carboxylic acids is 1. The van der Waals surface area contributed by atoms with Gasteiger partial charge in [0.1, 0.15) is 5.75 Å². The number of hydrogen-bond acceptors (Lipinski definition) is 5. The van der Waals surface area contributed by atoms with E-state index in [-0.39, 0.29) is 5.91 Å². The maximum absolute atomic E-state index is 12.1. The van der Waals surface area contributed by atoms with Crippen molar-refractivity contribution in [2.75, 3.05) is 26.7 Å². The molecular formula is C19H27N5O2S. The molecule has 7 nitrogen and oxygen atoms in total. The lowest BCUT2D eigenvalue weighted by Crippen LogP contribution is -2.41. The van der Waals surface area contributed by atoms with E-state index in [9.17, 15) is 4.79 Å². The summed E-state index contributed by atoms with van der Waals surface area (Å²) in [6, 6.07) is 7.03. The Balaban J connectivity index is 1.80. The molecule has 0 spiro atoms. The van der Waals surface area contributed by atoms with Crippen molar-refractivity contribution in [1.82, 2.24) is 20.9 Å². The van der Waals surface area contributed by atoms with Crippen molar-refractivity contribution in [3.63, 3.8) is 0 Å². The van der Waals surface area contributed by atoms with Gasteiger partial charge in [0.05, 0.1) is 24.4 Å². The molecule has 0 bridgehead atoms. The highest BCUT2D eigenvalue weighted by Crippen LogP contribution is 2.17. The maximum atomic E-state index is 12.1. The molecule has 1 aromatic carbocycles.